The van der Waals surface area contributed by atoms with Crippen molar-refractivity contribution in [2.24, 2.45) is 0 Å². The van der Waals surface area contributed by atoms with Crippen molar-refractivity contribution in [3.63, 3.8) is 0 Å². The second-order valence-electron chi connectivity index (χ2n) is 4.33. The molecule has 0 radical (unpaired) electrons. The molecule has 0 spiro atoms. The van der Waals surface area contributed by atoms with E-state index < -0.39 is 0 Å². The number of nitrogens with zero attached hydrogens (tertiary/aromatic N) is 4. The molecule has 20 heavy (non-hydrogen) atoms. The van der Waals surface area contributed by atoms with Gasteiger partial charge in [0.15, 0.2) is 5.16 Å². The van der Waals surface area contributed by atoms with Crippen molar-refractivity contribution < 1.29 is 0 Å². The molecule has 2 aromatic rings. The lowest BCUT2D eigenvalue weighted by atomic mass is 10.3. The largest absolute Gasteiger partial charge is 0.368 e. The lowest BCUT2D eigenvalue weighted by Crippen LogP contribution is -2.28. The molecule has 2 aromatic heterocycles. The van der Waals surface area contributed by atoms with Crippen LogP contribution >= 0.6 is 11.8 Å². The summed E-state index contributed by atoms with van der Waals surface area (Å²) in [4.78, 5) is 24.2. The second-order valence-corrected chi connectivity index (χ2v) is 5.10. The molecule has 0 aliphatic rings. The van der Waals surface area contributed by atoms with Gasteiger partial charge in [0.1, 0.15) is 5.82 Å². The zero-order chi connectivity index (χ0) is 14.5. The van der Waals surface area contributed by atoms with Crippen molar-refractivity contribution in [3.05, 3.63) is 40.2 Å². The summed E-state index contributed by atoms with van der Waals surface area (Å²) in [5.41, 5.74) is 1.45. The van der Waals surface area contributed by atoms with E-state index >= 15 is 0 Å². The maximum atomic E-state index is 11.8. The minimum atomic E-state index is -0.211. The monoisotopic (exact) mass is 291 g/mol. The summed E-state index contributed by atoms with van der Waals surface area (Å²) in [6.07, 6.45) is 3.64. The highest BCUT2D eigenvalue weighted by Gasteiger charge is 2.03. The number of aryl methyl sites for hydroxylation is 2. The Hall–Kier alpha value is -1.89. The van der Waals surface area contributed by atoms with E-state index in [1.54, 1.807) is 10.8 Å². The fourth-order valence-electron chi connectivity index (χ4n) is 1.88. The number of aromatic nitrogens is 4. The SMILES string of the molecule is CSc1nccc(NCCn2c(C)cc(C)nc2=O)n1. The van der Waals surface area contributed by atoms with Gasteiger partial charge in [0.05, 0.1) is 0 Å². The Balaban J connectivity index is 2.01. The summed E-state index contributed by atoms with van der Waals surface area (Å²) in [6.45, 7) is 4.89. The summed E-state index contributed by atoms with van der Waals surface area (Å²) < 4.78 is 1.65. The van der Waals surface area contributed by atoms with Crippen LogP contribution in [-0.4, -0.2) is 32.3 Å². The standard InChI is InChI=1S/C13H17N5OS/c1-9-8-10(2)18(13(19)16-9)7-6-14-11-4-5-15-12(17-11)20-3/h4-5,8H,6-7H2,1-3H3,(H,14,15,17). The van der Waals surface area contributed by atoms with Crippen molar-refractivity contribution in [1.29, 1.82) is 0 Å². The van der Waals surface area contributed by atoms with Crippen LogP contribution in [0.5, 0.6) is 0 Å². The van der Waals surface area contributed by atoms with Gasteiger partial charge in [0, 0.05) is 30.7 Å². The maximum absolute atomic E-state index is 11.8. The van der Waals surface area contributed by atoms with Crippen LogP contribution in [0.1, 0.15) is 11.4 Å². The molecule has 0 bridgehead atoms. The lowest BCUT2D eigenvalue weighted by Gasteiger charge is -2.11. The molecule has 0 saturated heterocycles. The normalized spacial score (nSPS) is 10.6. The Kier molecular flexibility index (Phi) is 4.73. The quantitative estimate of drug-likeness (QED) is 0.664. The van der Waals surface area contributed by atoms with Crippen molar-refractivity contribution >= 4 is 17.6 Å². The van der Waals surface area contributed by atoms with Crippen LogP contribution in [0.4, 0.5) is 5.82 Å². The Labute approximate surface area is 121 Å². The number of hydrogen-bond donors (Lipinski definition) is 1. The van der Waals surface area contributed by atoms with Crippen molar-refractivity contribution in [2.45, 2.75) is 25.5 Å². The summed E-state index contributed by atoms with van der Waals surface area (Å²) in [5, 5.41) is 3.91. The molecule has 0 aromatic carbocycles. The first-order valence-corrected chi connectivity index (χ1v) is 7.48. The van der Waals surface area contributed by atoms with Gasteiger partial charge in [-0.2, -0.15) is 4.98 Å². The highest BCUT2D eigenvalue weighted by molar-refractivity contribution is 7.98. The topological polar surface area (TPSA) is 72.7 Å². The molecular weight excluding hydrogens is 274 g/mol. The molecule has 0 aliphatic carbocycles. The van der Waals surface area contributed by atoms with Gasteiger partial charge in [-0.1, -0.05) is 11.8 Å². The molecule has 0 saturated carbocycles. The Bertz CT molecular complexity index is 655. The smallest absolute Gasteiger partial charge is 0.348 e. The Morgan fingerprint density at radius 1 is 1.35 bits per heavy atom. The van der Waals surface area contributed by atoms with E-state index in [-0.39, 0.29) is 5.69 Å². The van der Waals surface area contributed by atoms with Gasteiger partial charge in [0.2, 0.25) is 0 Å². The molecule has 0 fully saturated rings. The zero-order valence-electron chi connectivity index (χ0n) is 11.8. The fourth-order valence-corrected chi connectivity index (χ4v) is 2.24. The number of nitrogens with one attached hydrogen (secondary N) is 1. The van der Waals surface area contributed by atoms with Crippen LogP contribution < -0.4 is 11.0 Å². The molecule has 0 amide bonds. The van der Waals surface area contributed by atoms with Crippen LogP contribution in [0, 0.1) is 13.8 Å². The average Bonchev–Trinajstić information content (AvgIpc) is 2.42. The first kappa shape index (κ1) is 14.5. The maximum Gasteiger partial charge on any atom is 0.348 e. The second kappa shape index (κ2) is 6.51. The van der Waals surface area contributed by atoms with E-state index in [0.717, 1.165) is 22.4 Å². The first-order valence-electron chi connectivity index (χ1n) is 6.26. The van der Waals surface area contributed by atoms with Gasteiger partial charge in [-0.3, -0.25) is 4.57 Å². The van der Waals surface area contributed by atoms with Gasteiger partial charge in [-0.05, 0) is 32.2 Å². The van der Waals surface area contributed by atoms with E-state index in [1.807, 2.05) is 32.2 Å². The lowest BCUT2D eigenvalue weighted by molar-refractivity contribution is 0.646. The molecule has 1 N–H and O–H groups in total. The highest BCUT2D eigenvalue weighted by atomic mass is 32.2. The van der Waals surface area contributed by atoms with Crippen LogP contribution in [0.2, 0.25) is 0 Å². The van der Waals surface area contributed by atoms with Gasteiger partial charge in [0.25, 0.3) is 0 Å². The minimum Gasteiger partial charge on any atom is -0.368 e. The van der Waals surface area contributed by atoms with Crippen LogP contribution in [0.3, 0.4) is 0 Å². The summed E-state index contributed by atoms with van der Waals surface area (Å²) in [7, 11) is 0. The fraction of sp³-hybridized carbons (Fsp3) is 0.385. The zero-order valence-corrected chi connectivity index (χ0v) is 12.6. The van der Waals surface area contributed by atoms with E-state index in [9.17, 15) is 4.79 Å². The van der Waals surface area contributed by atoms with Crippen LogP contribution in [0.25, 0.3) is 0 Å². The van der Waals surface area contributed by atoms with E-state index in [1.165, 1.54) is 11.8 Å². The number of thioether (sulfide) groups is 1. The van der Waals surface area contributed by atoms with Crippen LogP contribution in [0.15, 0.2) is 28.3 Å². The van der Waals surface area contributed by atoms with Crippen molar-refractivity contribution in [1.82, 2.24) is 19.5 Å². The predicted molar refractivity (Wildman–Crippen MR) is 80.3 cm³/mol. The molecule has 0 unspecified atom stereocenters. The molecule has 0 aliphatic heterocycles. The highest BCUT2D eigenvalue weighted by Crippen LogP contribution is 2.10. The Morgan fingerprint density at radius 3 is 2.85 bits per heavy atom. The van der Waals surface area contributed by atoms with Crippen molar-refractivity contribution in [3.8, 4) is 0 Å². The van der Waals surface area contributed by atoms with Gasteiger partial charge >= 0.3 is 5.69 Å². The van der Waals surface area contributed by atoms with Crippen LogP contribution in [-0.2, 0) is 6.54 Å². The third kappa shape index (κ3) is 3.57. The molecule has 6 nitrogen and oxygen atoms in total. The predicted octanol–water partition coefficient (Wildman–Crippen LogP) is 1.48. The molecule has 0 atom stereocenters. The number of hydrogen-bond acceptors (Lipinski definition) is 6. The number of rotatable bonds is 5. The van der Waals surface area contributed by atoms with Gasteiger partial charge in [-0.15, -0.1) is 0 Å². The summed E-state index contributed by atoms with van der Waals surface area (Å²) in [6, 6.07) is 3.71. The van der Waals surface area contributed by atoms with Gasteiger partial charge < -0.3 is 5.32 Å². The Morgan fingerprint density at radius 2 is 2.15 bits per heavy atom. The van der Waals surface area contributed by atoms with Gasteiger partial charge in [-0.25, -0.2) is 14.8 Å². The molecular formula is C13H17N5OS. The summed E-state index contributed by atoms with van der Waals surface area (Å²) >= 11 is 1.49. The van der Waals surface area contributed by atoms with E-state index in [2.05, 4.69) is 20.3 Å². The minimum absolute atomic E-state index is 0.211. The van der Waals surface area contributed by atoms with E-state index in [0.29, 0.717) is 13.1 Å². The molecule has 7 heteroatoms. The molecule has 2 heterocycles. The van der Waals surface area contributed by atoms with E-state index in [4.69, 9.17) is 0 Å². The first-order chi connectivity index (χ1) is 9.60. The third-order valence-corrected chi connectivity index (χ3v) is 3.37. The average molecular weight is 291 g/mol. The third-order valence-electron chi connectivity index (χ3n) is 2.80. The molecule has 2 rings (SSSR count). The van der Waals surface area contributed by atoms with Crippen molar-refractivity contribution in [2.75, 3.05) is 18.1 Å². The summed E-state index contributed by atoms with van der Waals surface area (Å²) in [5.74, 6) is 0.759. The number of anilines is 1. The molecule has 106 valence electrons.